The van der Waals surface area contributed by atoms with Gasteiger partial charge in [-0.05, 0) is 73.1 Å². The van der Waals surface area contributed by atoms with E-state index in [0.717, 1.165) is 11.1 Å². The summed E-state index contributed by atoms with van der Waals surface area (Å²) in [7, 11) is 0. The molecule has 0 bridgehead atoms. The van der Waals surface area contributed by atoms with Crippen molar-refractivity contribution in [2.45, 2.75) is 0 Å². The van der Waals surface area contributed by atoms with Crippen molar-refractivity contribution in [3.63, 3.8) is 0 Å². The van der Waals surface area contributed by atoms with Gasteiger partial charge < -0.3 is 4.42 Å². The number of rotatable bonds is 3. The minimum atomic E-state index is -0.494. The predicted molar refractivity (Wildman–Crippen MR) is 165 cm³/mol. The van der Waals surface area contributed by atoms with Gasteiger partial charge in [0, 0.05) is 10.8 Å². The highest BCUT2D eigenvalue weighted by molar-refractivity contribution is 6.21. The largest absolute Gasteiger partial charge is 0.456 e. The lowest BCUT2D eigenvalue weighted by atomic mass is 9.86. The average molecular weight is 508 g/mol. The molecule has 0 saturated heterocycles. The molecular formula is C38H24O. The molecule has 0 aliphatic carbocycles. The molecule has 0 spiro atoms. The van der Waals surface area contributed by atoms with Gasteiger partial charge in [-0.1, -0.05) is 127 Å². The second-order valence-electron chi connectivity index (χ2n) is 9.26. The molecule has 39 heavy (non-hydrogen) atoms. The van der Waals surface area contributed by atoms with Crippen LogP contribution in [-0.4, -0.2) is 0 Å². The van der Waals surface area contributed by atoms with Crippen LogP contribution < -0.4 is 0 Å². The quantitative estimate of drug-likeness (QED) is 0.217. The molecule has 0 fully saturated rings. The van der Waals surface area contributed by atoms with E-state index in [1.54, 1.807) is 48.5 Å². The van der Waals surface area contributed by atoms with Gasteiger partial charge in [-0.3, -0.25) is 0 Å². The molecule has 0 N–H and O–H groups in total. The Bertz CT molecular complexity index is 2680. The van der Waals surface area contributed by atoms with Crippen molar-refractivity contribution >= 4 is 43.5 Å². The van der Waals surface area contributed by atoms with Crippen molar-refractivity contribution in [1.29, 1.82) is 0 Å². The topological polar surface area (TPSA) is 13.1 Å². The summed E-state index contributed by atoms with van der Waals surface area (Å²) in [5.41, 5.74) is 3.28. The summed E-state index contributed by atoms with van der Waals surface area (Å²) in [4.78, 5) is 0. The molecule has 8 rings (SSSR count). The van der Waals surface area contributed by atoms with Crippen LogP contribution in [0, 0.1) is 0 Å². The van der Waals surface area contributed by atoms with Crippen LogP contribution in [0.2, 0.25) is 0 Å². The molecule has 1 heteroatoms. The summed E-state index contributed by atoms with van der Waals surface area (Å²) in [6, 6.07) is 20.7. The summed E-state index contributed by atoms with van der Waals surface area (Å²) in [6.45, 7) is 0. The molecule has 0 atom stereocenters. The fraction of sp³-hybridized carbons (Fsp3) is 0. The Morgan fingerprint density at radius 3 is 1.56 bits per heavy atom. The van der Waals surface area contributed by atoms with Gasteiger partial charge in [-0.2, -0.15) is 0 Å². The van der Waals surface area contributed by atoms with E-state index in [9.17, 15) is 0 Å². The minimum absolute atomic E-state index is 0.0151. The highest BCUT2D eigenvalue weighted by Gasteiger charge is 2.16. The molecule has 1 nitrogen and oxygen atoms in total. The van der Waals surface area contributed by atoms with E-state index >= 15 is 0 Å². The first-order valence-electron chi connectivity index (χ1n) is 17.9. The highest BCUT2D eigenvalue weighted by atomic mass is 16.3. The Hall–Kier alpha value is -5.14. The van der Waals surface area contributed by atoms with E-state index < -0.39 is 24.2 Å². The molecule has 0 aliphatic rings. The van der Waals surface area contributed by atoms with Crippen LogP contribution in [0.3, 0.4) is 0 Å². The molecular weight excluding hydrogens is 472 g/mol. The molecule has 0 amide bonds. The Morgan fingerprint density at radius 2 is 0.923 bits per heavy atom. The summed E-state index contributed by atoms with van der Waals surface area (Å²) in [6.07, 6.45) is 0. The van der Waals surface area contributed by atoms with Crippen LogP contribution in [0.4, 0.5) is 0 Å². The first-order valence-corrected chi connectivity index (χ1v) is 12.4. The SMILES string of the molecule is [2H]c1cc2c(-c3ccccc3)c3cc([2H])c([2H])cc3c(-c3ccc(-c4c([2H])c([2H])c5c(oc6c([2H])c([2H])c([2H])c([2H])c65)c4[2H])cc3)c2cc1[2H]. The van der Waals surface area contributed by atoms with E-state index in [4.69, 9.17) is 19.5 Å². The third kappa shape index (κ3) is 3.48. The zero-order chi connectivity index (χ0) is 35.3. The van der Waals surface area contributed by atoms with Gasteiger partial charge in [0.2, 0.25) is 0 Å². The van der Waals surface area contributed by atoms with Gasteiger partial charge in [0.1, 0.15) is 11.2 Å². The predicted octanol–water partition coefficient (Wildman–Crippen LogP) is 10.9. The Labute approximate surface area is 242 Å². The van der Waals surface area contributed by atoms with Crippen molar-refractivity contribution in [2.75, 3.05) is 0 Å². The molecule has 0 saturated carbocycles. The van der Waals surface area contributed by atoms with Crippen molar-refractivity contribution in [2.24, 2.45) is 0 Å². The standard InChI is InChI=1S/C38H24O/c1-2-10-26(11-3-1)37-31-13-4-6-15-33(31)38(34-16-7-5-14-32(34)37)27-20-18-25(19-21-27)28-22-23-30-29-12-8-9-17-35(29)39-36(30)24-28/h1-24H/i4D,5D,6D,7D,8D,9D,12D,17D,22D,23D,24D. The first kappa shape index (κ1) is 13.6. The monoisotopic (exact) mass is 507 g/mol. The van der Waals surface area contributed by atoms with Crippen LogP contribution in [0.25, 0.3) is 76.9 Å². The van der Waals surface area contributed by atoms with Crippen molar-refractivity contribution < 1.29 is 19.5 Å². The maximum atomic E-state index is 9.03. The van der Waals surface area contributed by atoms with E-state index in [1.165, 1.54) is 0 Å². The van der Waals surface area contributed by atoms with Crippen LogP contribution in [-0.2, 0) is 0 Å². The minimum Gasteiger partial charge on any atom is -0.456 e. The molecule has 1 heterocycles. The molecule has 182 valence electrons. The summed E-state index contributed by atoms with van der Waals surface area (Å²) >= 11 is 0. The number of para-hydroxylation sites is 1. The van der Waals surface area contributed by atoms with Crippen molar-refractivity contribution in [3.05, 3.63) is 145 Å². The summed E-state index contributed by atoms with van der Waals surface area (Å²) in [5, 5.41) is 2.74. The third-order valence-corrected chi connectivity index (χ3v) is 7.10. The molecule has 8 aromatic rings. The van der Waals surface area contributed by atoms with Gasteiger partial charge >= 0.3 is 0 Å². The molecule has 1 aromatic heterocycles. The summed E-state index contributed by atoms with van der Waals surface area (Å²) in [5.74, 6) is 0. The number of furan rings is 1. The van der Waals surface area contributed by atoms with Crippen LogP contribution >= 0.6 is 0 Å². The second-order valence-corrected chi connectivity index (χ2v) is 9.26. The van der Waals surface area contributed by atoms with E-state index in [1.807, 2.05) is 30.3 Å². The Morgan fingerprint density at radius 1 is 0.385 bits per heavy atom. The first-order chi connectivity index (χ1) is 23.9. The highest BCUT2D eigenvalue weighted by Crippen LogP contribution is 2.43. The van der Waals surface area contributed by atoms with Gasteiger partial charge in [0.25, 0.3) is 0 Å². The normalized spacial score (nSPS) is 15.5. The van der Waals surface area contributed by atoms with Crippen molar-refractivity contribution in [1.82, 2.24) is 0 Å². The molecule has 0 aliphatic heterocycles. The number of fused-ring (bicyclic) bond motifs is 5. The Kier molecular flexibility index (Phi) is 3.04. The van der Waals surface area contributed by atoms with Gasteiger partial charge in [0.05, 0.1) is 15.1 Å². The number of benzene rings is 7. The van der Waals surface area contributed by atoms with Gasteiger partial charge in [0.15, 0.2) is 0 Å². The van der Waals surface area contributed by atoms with Crippen LogP contribution in [0.1, 0.15) is 15.1 Å². The lowest BCUT2D eigenvalue weighted by Gasteiger charge is -2.18. The fourth-order valence-corrected chi connectivity index (χ4v) is 5.36. The van der Waals surface area contributed by atoms with E-state index in [2.05, 4.69) is 0 Å². The molecule has 7 aromatic carbocycles. The lowest BCUT2D eigenvalue weighted by Crippen LogP contribution is -1.90. The zero-order valence-corrected chi connectivity index (χ0v) is 20.4. The maximum Gasteiger partial charge on any atom is 0.136 e. The average Bonchev–Trinajstić information content (AvgIpc) is 3.52. The van der Waals surface area contributed by atoms with Gasteiger partial charge in [-0.15, -0.1) is 0 Å². The maximum absolute atomic E-state index is 9.03. The number of hydrogen-bond donors (Lipinski definition) is 0. The lowest BCUT2D eigenvalue weighted by molar-refractivity contribution is 0.669. The zero-order valence-electron chi connectivity index (χ0n) is 31.4. The number of hydrogen-bond acceptors (Lipinski definition) is 1. The third-order valence-electron chi connectivity index (χ3n) is 7.10. The van der Waals surface area contributed by atoms with Gasteiger partial charge in [-0.25, -0.2) is 0 Å². The molecule has 0 radical (unpaired) electrons. The Balaban J connectivity index is 1.39. The fourth-order valence-electron chi connectivity index (χ4n) is 5.36. The van der Waals surface area contributed by atoms with Crippen LogP contribution in [0.5, 0.6) is 0 Å². The van der Waals surface area contributed by atoms with E-state index in [0.29, 0.717) is 38.2 Å². The van der Waals surface area contributed by atoms with Crippen LogP contribution in [0.15, 0.2) is 150 Å². The second kappa shape index (κ2) is 8.72. The van der Waals surface area contributed by atoms with Crippen molar-refractivity contribution in [3.8, 4) is 33.4 Å². The smallest absolute Gasteiger partial charge is 0.136 e. The summed E-state index contributed by atoms with van der Waals surface area (Å²) < 4.78 is 99.5. The van der Waals surface area contributed by atoms with E-state index in [-0.39, 0.29) is 69.8 Å². The molecule has 0 unspecified atom stereocenters.